The second-order valence-corrected chi connectivity index (χ2v) is 14.0. The zero-order valence-electron chi connectivity index (χ0n) is 28.1. The van der Waals surface area contributed by atoms with Gasteiger partial charge in [-0.25, -0.2) is 0 Å². The van der Waals surface area contributed by atoms with Crippen molar-refractivity contribution in [1.82, 2.24) is 14.1 Å². The quantitative estimate of drug-likeness (QED) is 0.185. The first-order chi connectivity index (χ1) is 25.8. The number of hydrogen-bond donors (Lipinski definition) is 0. The number of aromatic nitrogens is 3. The van der Waals surface area contributed by atoms with Crippen LogP contribution in [0.3, 0.4) is 0 Å². The standard InChI is InChI=1S/C49H29N3/c1-2-12-34(13-3-1)51-45-22-19-33(28-41(45)42-26-30-10-4-5-11-31(30)29-47(42)51)32-20-23-46-40(27-32)35-14-6-7-18-43(35)52(46)44-24-21-36-37-17-9-25-50-49(37)39-16-8-15-38(44)48(36)39/h1-29H. The molecule has 12 rings (SSSR count). The molecule has 1 aliphatic carbocycles. The number of rotatable bonds is 3. The summed E-state index contributed by atoms with van der Waals surface area (Å²) in [5.74, 6) is 0. The van der Waals surface area contributed by atoms with Crippen LogP contribution in [-0.4, -0.2) is 14.1 Å². The molecule has 0 amide bonds. The number of fused-ring (bicyclic) bond motifs is 10. The topological polar surface area (TPSA) is 22.8 Å². The summed E-state index contributed by atoms with van der Waals surface area (Å²) in [6.07, 6.45) is 1.90. The SMILES string of the molecule is c1ccc(-n2c3ccc(-c4ccc5c(c4)c4ccccc4n5-c4ccc5c6c(cccc46)-c4ncccc4-5)cc3c3cc4ccccc4cc32)cc1. The molecule has 0 fully saturated rings. The molecule has 0 bridgehead atoms. The molecule has 0 unspecified atom stereocenters. The van der Waals surface area contributed by atoms with Crippen molar-refractivity contribution < 1.29 is 0 Å². The average Bonchev–Trinajstić information content (AvgIpc) is 3.83. The van der Waals surface area contributed by atoms with Crippen LogP contribution in [0.1, 0.15) is 0 Å². The van der Waals surface area contributed by atoms with E-state index in [2.05, 4.69) is 173 Å². The fourth-order valence-electron chi connectivity index (χ4n) is 9.00. The van der Waals surface area contributed by atoms with Gasteiger partial charge in [0.05, 0.1) is 33.4 Å². The van der Waals surface area contributed by atoms with Gasteiger partial charge in [-0.2, -0.15) is 0 Å². The van der Waals surface area contributed by atoms with E-state index in [1.54, 1.807) is 0 Å². The summed E-state index contributed by atoms with van der Waals surface area (Å²) in [5.41, 5.74) is 14.4. The van der Waals surface area contributed by atoms with E-state index in [1.165, 1.54) is 104 Å². The van der Waals surface area contributed by atoms with E-state index in [0.29, 0.717) is 0 Å². The second-order valence-electron chi connectivity index (χ2n) is 14.0. The van der Waals surface area contributed by atoms with Crippen molar-refractivity contribution in [3.05, 3.63) is 176 Å². The molecule has 11 aromatic rings. The fraction of sp³-hybridized carbons (Fsp3) is 0. The summed E-state index contributed by atoms with van der Waals surface area (Å²) < 4.78 is 4.86. The van der Waals surface area contributed by atoms with Crippen LogP contribution in [0.4, 0.5) is 0 Å². The first kappa shape index (κ1) is 27.8. The minimum atomic E-state index is 1.07. The van der Waals surface area contributed by atoms with Crippen molar-refractivity contribution in [3.63, 3.8) is 0 Å². The van der Waals surface area contributed by atoms with Crippen molar-refractivity contribution in [2.45, 2.75) is 0 Å². The smallest absolute Gasteiger partial charge is 0.0786 e. The number of nitrogens with zero attached hydrogens (tertiary/aromatic N) is 3. The molecule has 0 saturated heterocycles. The highest BCUT2D eigenvalue weighted by Gasteiger charge is 2.25. The second kappa shape index (κ2) is 10.3. The third-order valence-corrected chi connectivity index (χ3v) is 11.3. The van der Waals surface area contributed by atoms with E-state index >= 15 is 0 Å². The van der Waals surface area contributed by atoms with E-state index in [9.17, 15) is 0 Å². The Hall–Kier alpha value is -6.97. The highest BCUT2D eigenvalue weighted by molar-refractivity contribution is 6.19. The zero-order valence-corrected chi connectivity index (χ0v) is 28.1. The van der Waals surface area contributed by atoms with E-state index in [-0.39, 0.29) is 0 Å². The summed E-state index contributed by atoms with van der Waals surface area (Å²) in [6, 6.07) is 62.4. The van der Waals surface area contributed by atoms with Crippen LogP contribution in [0, 0.1) is 0 Å². The lowest BCUT2D eigenvalue weighted by molar-refractivity contribution is 1.18. The van der Waals surface area contributed by atoms with E-state index in [0.717, 1.165) is 5.69 Å². The molecule has 3 heteroatoms. The van der Waals surface area contributed by atoms with E-state index in [4.69, 9.17) is 4.98 Å². The Balaban J connectivity index is 1.08. The Morgan fingerprint density at radius 1 is 0.365 bits per heavy atom. The Labute approximate surface area is 299 Å². The maximum atomic E-state index is 4.79. The molecule has 0 saturated carbocycles. The minimum absolute atomic E-state index is 1.07. The lowest BCUT2D eigenvalue weighted by atomic mass is 9.99. The monoisotopic (exact) mass is 659 g/mol. The summed E-state index contributed by atoms with van der Waals surface area (Å²) in [4.78, 5) is 4.79. The van der Waals surface area contributed by atoms with Crippen LogP contribution in [0.5, 0.6) is 0 Å². The van der Waals surface area contributed by atoms with Gasteiger partial charge < -0.3 is 9.13 Å². The van der Waals surface area contributed by atoms with Crippen LogP contribution in [0.2, 0.25) is 0 Å². The van der Waals surface area contributed by atoms with Gasteiger partial charge in [-0.15, -0.1) is 0 Å². The molecule has 3 aromatic heterocycles. The summed E-state index contributed by atoms with van der Waals surface area (Å²) >= 11 is 0. The Morgan fingerprint density at radius 2 is 1.02 bits per heavy atom. The van der Waals surface area contributed by atoms with Crippen LogP contribution >= 0.6 is 0 Å². The normalized spacial score (nSPS) is 12.2. The third kappa shape index (κ3) is 3.72. The maximum absolute atomic E-state index is 4.79. The van der Waals surface area contributed by atoms with E-state index in [1.807, 2.05) is 12.3 Å². The molecule has 52 heavy (non-hydrogen) atoms. The summed E-state index contributed by atoms with van der Waals surface area (Å²) in [7, 11) is 0. The molecule has 0 N–H and O–H groups in total. The number of pyridine rings is 1. The predicted molar refractivity (Wildman–Crippen MR) is 218 cm³/mol. The van der Waals surface area contributed by atoms with Crippen LogP contribution in [0.25, 0.3) is 110 Å². The number of benzene rings is 8. The van der Waals surface area contributed by atoms with E-state index < -0.39 is 0 Å². The summed E-state index contributed by atoms with van der Waals surface area (Å²) in [5, 5.41) is 10.1. The number of para-hydroxylation sites is 2. The first-order valence-electron chi connectivity index (χ1n) is 17.9. The van der Waals surface area contributed by atoms with Gasteiger partial charge in [0.25, 0.3) is 0 Å². The van der Waals surface area contributed by atoms with Gasteiger partial charge in [0.1, 0.15) is 0 Å². The lowest BCUT2D eigenvalue weighted by Gasteiger charge is -2.13. The molecule has 8 aromatic carbocycles. The average molecular weight is 660 g/mol. The molecule has 3 heterocycles. The van der Waals surface area contributed by atoms with Gasteiger partial charge in [0.2, 0.25) is 0 Å². The Bertz CT molecular complexity index is 3260. The highest BCUT2D eigenvalue weighted by Crippen LogP contribution is 2.48. The molecule has 0 spiro atoms. The lowest BCUT2D eigenvalue weighted by Crippen LogP contribution is -1.95. The highest BCUT2D eigenvalue weighted by atomic mass is 15.0. The largest absolute Gasteiger partial charge is 0.309 e. The van der Waals surface area contributed by atoms with Gasteiger partial charge in [-0.3, -0.25) is 4.98 Å². The molecule has 3 nitrogen and oxygen atoms in total. The fourth-order valence-corrected chi connectivity index (χ4v) is 9.00. The molecular weight excluding hydrogens is 631 g/mol. The van der Waals surface area contributed by atoms with Gasteiger partial charge >= 0.3 is 0 Å². The molecule has 240 valence electrons. The van der Waals surface area contributed by atoms with Crippen molar-refractivity contribution in [3.8, 4) is 44.9 Å². The number of hydrogen-bond acceptors (Lipinski definition) is 1. The van der Waals surface area contributed by atoms with Gasteiger partial charge in [0, 0.05) is 55.3 Å². The predicted octanol–water partition coefficient (Wildman–Crippen LogP) is 12.9. The molecule has 0 atom stereocenters. The van der Waals surface area contributed by atoms with Crippen molar-refractivity contribution in [2.24, 2.45) is 0 Å². The molecule has 0 radical (unpaired) electrons. The zero-order chi connectivity index (χ0) is 33.9. The van der Waals surface area contributed by atoms with Crippen molar-refractivity contribution in [1.29, 1.82) is 0 Å². The summed E-state index contributed by atoms with van der Waals surface area (Å²) in [6.45, 7) is 0. The van der Waals surface area contributed by atoms with Crippen LogP contribution in [0.15, 0.2) is 176 Å². The Kier molecular flexibility index (Phi) is 5.50. The molecule has 1 aliphatic rings. The van der Waals surface area contributed by atoms with Gasteiger partial charge in [-0.1, -0.05) is 103 Å². The van der Waals surface area contributed by atoms with Gasteiger partial charge in [0.15, 0.2) is 0 Å². The molecular formula is C49H29N3. The minimum Gasteiger partial charge on any atom is -0.309 e. The van der Waals surface area contributed by atoms with Crippen molar-refractivity contribution in [2.75, 3.05) is 0 Å². The van der Waals surface area contributed by atoms with Gasteiger partial charge in [-0.05, 0) is 94.2 Å². The molecule has 0 aliphatic heterocycles. The third-order valence-electron chi connectivity index (χ3n) is 11.3. The Morgan fingerprint density at radius 3 is 1.87 bits per heavy atom. The first-order valence-corrected chi connectivity index (χ1v) is 17.9. The maximum Gasteiger partial charge on any atom is 0.0786 e. The van der Waals surface area contributed by atoms with Crippen molar-refractivity contribution >= 4 is 65.2 Å². The van der Waals surface area contributed by atoms with Crippen LogP contribution < -0.4 is 0 Å². The van der Waals surface area contributed by atoms with Crippen LogP contribution in [-0.2, 0) is 0 Å².